The molecule has 3 heteroatoms. The van der Waals surface area contributed by atoms with E-state index < -0.39 is 0 Å². The van der Waals surface area contributed by atoms with Gasteiger partial charge >= 0.3 is 0 Å². The van der Waals surface area contributed by atoms with Crippen molar-refractivity contribution in [1.82, 2.24) is 4.57 Å². The topological polar surface area (TPSA) is 39.1 Å². The first-order valence-corrected chi connectivity index (χ1v) is 8.33. The molecule has 0 unspecified atom stereocenters. The van der Waals surface area contributed by atoms with Crippen molar-refractivity contribution < 1.29 is 9.59 Å². The van der Waals surface area contributed by atoms with Gasteiger partial charge in [0.2, 0.25) is 0 Å². The number of aromatic nitrogens is 1. The number of aryl methyl sites for hydroxylation is 1. The second kappa shape index (κ2) is 6.02. The number of nitrogens with zero attached hydrogens (tertiary/aromatic N) is 1. The van der Waals surface area contributed by atoms with Crippen LogP contribution in [-0.4, -0.2) is 17.1 Å². The van der Waals surface area contributed by atoms with Crippen molar-refractivity contribution in [1.29, 1.82) is 0 Å². The molecule has 0 atom stereocenters. The molecular formula is C22H17NO2. The third-order valence-electron chi connectivity index (χ3n) is 4.69. The zero-order valence-corrected chi connectivity index (χ0v) is 13.9. The Morgan fingerprint density at radius 3 is 1.72 bits per heavy atom. The highest BCUT2D eigenvalue weighted by Crippen LogP contribution is 2.33. The van der Waals surface area contributed by atoms with E-state index in [1.165, 1.54) is 5.56 Å². The highest BCUT2D eigenvalue weighted by molar-refractivity contribution is 6.11. The Bertz CT molecular complexity index is 1040. The molecule has 3 nitrogen and oxygen atoms in total. The number of rotatable bonds is 4. The second-order valence-corrected chi connectivity index (χ2v) is 6.14. The first-order chi connectivity index (χ1) is 12.2. The van der Waals surface area contributed by atoms with E-state index in [2.05, 4.69) is 35.8 Å². The van der Waals surface area contributed by atoms with Gasteiger partial charge in [-0.25, -0.2) is 0 Å². The minimum Gasteiger partial charge on any atom is -0.309 e. The van der Waals surface area contributed by atoms with Gasteiger partial charge in [-0.1, -0.05) is 19.1 Å². The molecule has 0 N–H and O–H groups in total. The molecule has 0 aliphatic heterocycles. The lowest BCUT2D eigenvalue weighted by atomic mass is 10.1. The Morgan fingerprint density at radius 1 is 0.760 bits per heavy atom. The van der Waals surface area contributed by atoms with Gasteiger partial charge in [0.1, 0.15) is 12.6 Å². The molecule has 0 bridgehead atoms. The summed E-state index contributed by atoms with van der Waals surface area (Å²) in [6.45, 7) is 2.14. The fraction of sp³-hybridized carbons (Fsp3) is 0.0909. The molecule has 0 amide bonds. The van der Waals surface area contributed by atoms with Crippen LogP contribution in [0.1, 0.15) is 33.2 Å². The average Bonchev–Trinajstić information content (AvgIpc) is 3.00. The summed E-state index contributed by atoms with van der Waals surface area (Å²) in [5, 5.41) is 1.95. The lowest BCUT2D eigenvalue weighted by Crippen LogP contribution is -1.94. The van der Waals surface area contributed by atoms with Crippen LogP contribution in [0.3, 0.4) is 0 Å². The normalized spacial score (nSPS) is 11.1. The van der Waals surface area contributed by atoms with Crippen LogP contribution >= 0.6 is 0 Å². The summed E-state index contributed by atoms with van der Waals surface area (Å²) in [5.74, 6) is 0. The van der Waals surface area contributed by atoms with Gasteiger partial charge in [0.25, 0.3) is 0 Å². The van der Waals surface area contributed by atoms with Crippen molar-refractivity contribution in [2.24, 2.45) is 0 Å². The predicted octanol–water partition coefficient (Wildman–Crippen LogP) is 4.97. The molecule has 0 spiro atoms. The van der Waals surface area contributed by atoms with Gasteiger partial charge in [-0.3, -0.25) is 9.59 Å². The van der Waals surface area contributed by atoms with E-state index in [1.54, 1.807) is 0 Å². The van der Waals surface area contributed by atoms with Crippen LogP contribution in [0.25, 0.3) is 27.5 Å². The molecule has 0 aliphatic carbocycles. The van der Waals surface area contributed by atoms with Crippen molar-refractivity contribution in [2.75, 3.05) is 0 Å². The maximum atomic E-state index is 11.2. The van der Waals surface area contributed by atoms with Crippen LogP contribution in [0.4, 0.5) is 0 Å². The van der Waals surface area contributed by atoms with Gasteiger partial charge in [0.15, 0.2) is 0 Å². The highest BCUT2D eigenvalue weighted by Gasteiger charge is 2.13. The smallest absolute Gasteiger partial charge is 0.150 e. The number of carbonyl (C=O) groups is 2. The van der Waals surface area contributed by atoms with Crippen molar-refractivity contribution in [3.05, 3.63) is 77.4 Å². The van der Waals surface area contributed by atoms with E-state index >= 15 is 0 Å². The third-order valence-corrected chi connectivity index (χ3v) is 4.69. The zero-order chi connectivity index (χ0) is 17.4. The van der Waals surface area contributed by atoms with Gasteiger partial charge in [-0.15, -0.1) is 0 Å². The van der Waals surface area contributed by atoms with E-state index in [-0.39, 0.29) is 0 Å². The molecule has 0 saturated heterocycles. The van der Waals surface area contributed by atoms with Gasteiger partial charge in [0, 0.05) is 27.6 Å². The molecule has 3 aromatic carbocycles. The van der Waals surface area contributed by atoms with E-state index in [0.29, 0.717) is 11.1 Å². The van der Waals surface area contributed by atoms with Gasteiger partial charge in [-0.2, -0.15) is 0 Å². The fourth-order valence-corrected chi connectivity index (χ4v) is 3.36. The average molecular weight is 327 g/mol. The van der Waals surface area contributed by atoms with E-state index in [4.69, 9.17) is 0 Å². The van der Waals surface area contributed by atoms with Gasteiger partial charge in [-0.05, 0) is 60.5 Å². The molecule has 25 heavy (non-hydrogen) atoms. The summed E-state index contributed by atoms with van der Waals surface area (Å²) in [4.78, 5) is 22.4. The number of hydrogen-bond donors (Lipinski definition) is 0. The summed E-state index contributed by atoms with van der Waals surface area (Å²) in [6.07, 6.45) is 2.70. The van der Waals surface area contributed by atoms with Gasteiger partial charge < -0.3 is 4.57 Å². The number of hydrogen-bond acceptors (Lipinski definition) is 2. The van der Waals surface area contributed by atoms with Crippen molar-refractivity contribution in [2.45, 2.75) is 13.3 Å². The van der Waals surface area contributed by atoms with Gasteiger partial charge in [0.05, 0.1) is 11.0 Å². The monoisotopic (exact) mass is 327 g/mol. The van der Waals surface area contributed by atoms with Crippen LogP contribution in [-0.2, 0) is 6.42 Å². The SMILES string of the molecule is CCc1ccc(-n2c3ccc(C=O)cc3c3cc(C=O)ccc32)cc1. The van der Waals surface area contributed by atoms with Crippen LogP contribution in [0, 0.1) is 0 Å². The van der Waals surface area contributed by atoms with E-state index in [1.807, 2.05) is 36.4 Å². The molecule has 0 saturated carbocycles. The molecule has 1 heterocycles. The molecule has 4 aromatic rings. The summed E-state index contributed by atoms with van der Waals surface area (Å²) >= 11 is 0. The zero-order valence-electron chi connectivity index (χ0n) is 13.9. The second-order valence-electron chi connectivity index (χ2n) is 6.14. The Kier molecular flexibility index (Phi) is 3.69. The Morgan fingerprint density at radius 2 is 1.28 bits per heavy atom. The summed E-state index contributed by atoms with van der Waals surface area (Å²) in [7, 11) is 0. The van der Waals surface area contributed by atoms with Crippen LogP contribution in [0.5, 0.6) is 0 Å². The molecule has 0 radical (unpaired) electrons. The van der Waals surface area contributed by atoms with Crippen LogP contribution < -0.4 is 0 Å². The quantitative estimate of drug-likeness (QED) is 0.496. The minimum absolute atomic E-state index is 0.629. The largest absolute Gasteiger partial charge is 0.309 e. The number of fused-ring (bicyclic) bond motifs is 3. The molecule has 4 rings (SSSR count). The Labute approximate surface area is 145 Å². The third kappa shape index (κ3) is 2.45. The molecule has 0 fully saturated rings. The standard InChI is InChI=1S/C22H17NO2/c1-2-15-3-7-18(8-4-15)23-21-9-5-16(13-24)11-19(21)20-12-17(14-25)6-10-22(20)23/h3-14H,2H2,1H3. The lowest BCUT2D eigenvalue weighted by Gasteiger charge is -2.08. The fourth-order valence-electron chi connectivity index (χ4n) is 3.36. The highest BCUT2D eigenvalue weighted by atomic mass is 16.1. The first-order valence-electron chi connectivity index (χ1n) is 8.33. The minimum atomic E-state index is 0.629. The molecule has 0 aliphatic rings. The molecule has 1 aromatic heterocycles. The predicted molar refractivity (Wildman–Crippen MR) is 101 cm³/mol. The van der Waals surface area contributed by atoms with E-state index in [9.17, 15) is 9.59 Å². The first kappa shape index (κ1) is 15.3. The van der Waals surface area contributed by atoms with Crippen molar-refractivity contribution in [3.8, 4) is 5.69 Å². The number of aldehydes is 2. The Hall–Kier alpha value is -3.20. The lowest BCUT2D eigenvalue weighted by molar-refractivity contribution is 0.111. The summed E-state index contributed by atoms with van der Waals surface area (Å²) in [5.41, 5.74) is 5.65. The van der Waals surface area contributed by atoms with Crippen LogP contribution in [0.15, 0.2) is 60.7 Å². The van der Waals surface area contributed by atoms with Crippen molar-refractivity contribution in [3.63, 3.8) is 0 Å². The number of carbonyl (C=O) groups excluding carboxylic acids is 2. The maximum Gasteiger partial charge on any atom is 0.150 e. The number of benzene rings is 3. The van der Waals surface area contributed by atoms with Crippen LogP contribution in [0.2, 0.25) is 0 Å². The molecular weight excluding hydrogens is 310 g/mol. The van der Waals surface area contributed by atoms with Crippen molar-refractivity contribution >= 4 is 34.4 Å². The molecule has 122 valence electrons. The van der Waals surface area contributed by atoms with E-state index in [0.717, 1.165) is 46.5 Å². The maximum absolute atomic E-state index is 11.2. The summed E-state index contributed by atoms with van der Waals surface area (Å²) < 4.78 is 2.17. The summed E-state index contributed by atoms with van der Waals surface area (Å²) in [6, 6.07) is 19.8. The Balaban J connectivity index is 2.10.